The highest BCUT2D eigenvalue weighted by molar-refractivity contribution is 6.23. The van der Waals surface area contributed by atoms with Gasteiger partial charge in [-0.15, -0.1) is 0 Å². The van der Waals surface area contributed by atoms with E-state index in [4.69, 9.17) is 0 Å². The highest BCUT2D eigenvalue weighted by atomic mass is 16.2. The predicted molar refractivity (Wildman–Crippen MR) is 116 cm³/mol. The smallest absolute Gasteiger partial charge is 0.238 e. The van der Waals surface area contributed by atoms with Crippen molar-refractivity contribution in [3.8, 4) is 0 Å². The van der Waals surface area contributed by atoms with Crippen molar-refractivity contribution < 1.29 is 9.59 Å². The fourth-order valence-electron chi connectivity index (χ4n) is 6.55. The van der Waals surface area contributed by atoms with E-state index >= 15 is 0 Å². The lowest BCUT2D eigenvalue weighted by Crippen LogP contribution is -2.53. The molecule has 1 aliphatic heterocycles. The first-order valence-electron chi connectivity index (χ1n) is 10.7. The second-order valence-electron chi connectivity index (χ2n) is 8.83. The standard InChI is InChI=1S/C27H23NO2/c1-3-27-20-13-6-4-11-18(20)22(19-12-5-7-14-21(19)27)23-24(27)26(30)28(25(23)29)17-10-8-9-16(2)15-17/h4-15,22-24H,3H2,1-2H3. The van der Waals surface area contributed by atoms with Gasteiger partial charge in [0, 0.05) is 11.3 Å². The Kier molecular flexibility index (Phi) is 3.48. The van der Waals surface area contributed by atoms with Crippen molar-refractivity contribution in [3.63, 3.8) is 0 Å². The van der Waals surface area contributed by atoms with Crippen LogP contribution in [0.1, 0.15) is 47.1 Å². The van der Waals surface area contributed by atoms with E-state index in [1.54, 1.807) is 0 Å². The normalized spacial score (nSPS) is 28.3. The molecule has 0 saturated carbocycles. The van der Waals surface area contributed by atoms with E-state index in [0.29, 0.717) is 5.69 Å². The number of amides is 2. The Morgan fingerprint density at radius 2 is 1.47 bits per heavy atom. The molecule has 3 aromatic rings. The van der Waals surface area contributed by atoms with Crippen molar-refractivity contribution in [2.24, 2.45) is 11.8 Å². The Balaban J connectivity index is 1.65. The number of hydrogen-bond acceptors (Lipinski definition) is 2. The molecule has 0 radical (unpaired) electrons. The van der Waals surface area contributed by atoms with Crippen LogP contribution in [0, 0.1) is 18.8 Å². The number of nitrogens with zero attached hydrogens (tertiary/aromatic N) is 1. The van der Waals surface area contributed by atoms with Crippen molar-refractivity contribution >= 4 is 17.5 Å². The lowest BCUT2D eigenvalue weighted by molar-refractivity contribution is -0.123. The summed E-state index contributed by atoms with van der Waals surface area (Å²) in [4.78, 5) is 29.2. The number of hydrogen-bond donors (Lipinski definition) is 0. The highest BCUT2D eigenvalue weighted by Gasteiger charge is 2.67. The van der Waals surface area contributed by atoms with Gasteiger partial charge in [0.15, 0.2) is 0 Å². The Bertz CT molecular complexity index is 1180. The Hall–Kier alpha value is -3.20. The third-order valence-corrected chi connectivity index (χ3v) is 7.61. The van der Waals surface area contributed by atoms with Gasteiger partial charge >= 0.3 is 0 Å². The lowest BCUT2D eigenvalue weighted by atomic mass is 9.46. The van der Waals surface area contributed by atoms with Gasteiger partial charge in [-0.05, 0) is 53.3 Å². The third kappa shape index (κ3) is 1.91. The maximum absolute atomic E-state index is 13.9. The molecule has 30 heavy (non-hydrogen) atoms. The molecule has 4 aliphatic rings. The van der Waals surface area contributed by atoms with E-state index in [0.717, 1.165) is 12.0 Å². The van der Waals surface area contributed by atoms with Crippen molar-refractivity contribution in [3.05, 3.63) is 101 Å². The van der Waals surface area contributed by atoms with Gasteiger partial charge in [0.05, 0.1) is 17.5 Å². The molecule has 148 valence electrons. The molecule has 1 saturated heterocycles. The first kappa shape index (κ1) is 17.6. The summed E-state index contributed by atoms with van der Waals surface area (Å²) in [6.07, 6.45) is 0.787. The van der Waals surface area contributed by atoms with Crippen LogP contribution in [0.25, 0.3) is 0 Å². The van der Waals surface area contributed by atoms with E-state index in [-0.39, 0.29) is 29.6 Å². The molecular formula is C27H23NO2. The van der Waals surface area contributed by atoms with Crippen molar-refractivity contribution in [2.75, 3.05) is 4.90 Å². The second kappa shape index (κ2) is 5.91. The topological polar surface area (TPSA) is 37.4 Å². The molecule has 7 rings (SSSR count). The van der Waals surface area contributed by atoms with Gasteiger partial charge in [-0.25, -0.2) is 4.90 Å². The van der Waals surface area contributed by atoms with Gasteiger partial charge in [0.2, 0.25) is 11.8 Å². The molecule has 2 bridgehead atoms. The zero-order valence-electron chi connectivity index (χ0n) is 17.1. The number of rotatable bonds is 2. The maximum Gasteiger partial charge on any atom is 0.238 e. The molecule has 0 N–H and O–H groups in total. The van der Waals surface area contributed by atoms with Crippen LogP contribution in [0.2, 0.25) is 0 Å². The Morgan fingerprint density at radius 3 is 2.07 bits per heavy atom. The van der Waals surface area contributed by atoms with Crippen LogP contribution in [-0.2, 0) is 15.0 Å². The zero-order valence-corrected chi connectivity index (χ0v) is 17.1. The highest BCUT2D eigenvalue weighted by Crippen LogP contribution is 2.65. The monoisotopic (exact) mass is 393 g/mol. The van der Waals surface area contributed by atoms with E-state index in [1.807, 2.05) is 31.2 Å². The summed E-state index contributed by atoms with van der Waals surface area (Å²) in [5.74, 6) is -0.871. The van der Waals surface area contributed by atoms with Crippen molar-refractivity contribution in [2.45, 2.75) is 31.6 Å². The molecule has 0 spiro atoms. The van der Waals surface area contributed by atoms with Gasteiger partial charge in [-0.3, -0.25) is 9.59 Å². The first-order chi connectivity index (χ1) is 14.6. The molecule has 3 aliphatic carbocycles. The summed E-state index contributed by atoms with van der Waals surface area (Å²) in [5, 5.41) is 0. The molecule has 0 aromatic heterocycles. The Morgan fingerprint density at radius 1 is 0.833 bits per heavy atom. The van der Waals surface area contributed by atoms with E-state index in [2.05, 4.69) is 55.5 Å². The molecule has 3 aromatic carbocycles. The molecule has 1 fully saturated rings. The van der Waals surface area contributed by atoms with Crippen LogP contribution >= 0.6 is 0 Å². The average Bonchev–Trinajstić information content (AvgIpc) is 3.05. The minimum atomic E-state index is -0.460. The number of aryl methyl sites for hydroxylation is 1. The van der Waals surface area contributed by atoms with E-state index < -0.39 is 5.41 Å². The number of carbonyl (C=O) groups is 2. The lowest BCUT2D eigenvalue weighted by Gasteiger charge is -2.54. The summed E-state index contributed by atoms with van der Waals surface area (Å²) in [5.41, 5.74) is 6.16. The van der Waals surface area contributed by atoms with Crippen LogP contribution in [-0.4, -0.2) is 11.8 Å². The summed E-state index contributed by atoms with van der Waals surface area (Å²) in [6.45, 7) is 4.15. The largest absolute Gasteiger partial charge is 0.274 e. The molecular weight excluding hydrogens is 370 g/mol. The van der Waals surface area contributed by atoms with Crippen LogP contribution in [0.15, 0.2) is 72.8 Å². The van der Waals surface area contributed by atoms with E-state index in [1.165, 1.54) is 27.2 Å². The quantitative estimate of drug-likeness (QED) is 0.578. The molecule has 2 amide bonds. The summed E-state index contributed by atoms with van der Waals surface area (Å²) in [7, 11) is 0. The predicted octanol–water partition coefficient (Wildman–Crippen LogP) is 4.96. The maximum atomic E-state index is 13.9. The summed E-state index contributed by atoms with van der Waals surface area (Å²) in [6, 6.07) is 24.6. The summed E-state index contributed by atoms with van der Waals surface area (Å²) < 4.78 is 0. The van der Waals surface area contributed by atoms with Gasteiger partial charge in [-0.1, -0.05) is 67.6 Å². The van der Waals surface area contributed by atoms with Crippen LogP contribution in [0.5, 0.6) is 0 Å². The van der Waals surface area contributed by atoms with Gasteiger partial charge in [0.25, 0.3) is 0 Å². The molecule has 2 unspecified atom stereocenters. The summed E-state index contributed by atoms with van der Waals surface area (Å²) >= 11 is 0. The zero-order chi connectivity index (χ0) is 20.6. The van der Waals surface area contributed by atoms with Gasteiger partial charge in [-0.2, -0.15) is 0 Å². The number of imide groups is 1. The van der Waals surface area contributed by atoms with Gasteiger partial charge in [0.1, 0.15) is 0 Å². The number of anilines is 1. The first-order valence-corrected chi connectivity index (χ1v) is 10.7. The minimum absolute atomic E-state index is 0.0496. The fourth-order valence-corrected chi connectivity index (χ4v) is 6.55. The third-order valence-electron chi connectivity index (χ3n) is 7.61. The fraction of sp³-hybridized carbons (Fsp3) is 0.259. The molecule has 3 heteroatoms. The van der Waals surface area contributed by atoms with Crippen LogP contribution < -0.4 is 4.90 Å². The average molecular weight is 393 g/mol. The van der Waals surface area contributed by atoms with Crippen LogP contribution in [0.3, 0.4) is 0 Å². The number of carbonyl (C=O) groups excluding carboxylic acids is 2. The molecule has 2 atom stereocenters. The van der Waals surface area contributed by atoms with Crippen molar-refractivity contribution in [1.82, 2.24) is 0 Å². The van der Waals surface area contributed by atoms with Crippen LogP contribution in [0.4, 0.5) is 5.69 Å². The minimum Gasteiger partial charge on any atom is -0.274 e. The Labute approximate surface area is 176 Å². The SMILES string of the molecule is CCC12c3ccccc3C(c3ccccc31)C1C(=O)N(c3cccc(C)c3)C(=O)C12. The van der Waals surface area contributed by atoms with E-state index in [9.17, 15) is 9.59 Å². The van der Waals surface area contributed by atoms with Crippen molar-refractivity contribution in [1.29, 1.82) is 0 Å². The molecule has 1 heterocycles. The second-order valence-corrected chi connectivity index (χ2v) is 8.83. The van der Waals surface area contributed by atoms with Gasteiger partial charge < -0.3 is 0 Å². The molecule has 3 nitrogen and oxygen atoms in total. The number of benzene rings is 3.